The van der Waals surface area contributed by atoms with Crippen molar-refractivity contribution in [1.29, 1.82) is 0 Å². The number of hydrogen-bond acceptors (Lipinski definition) is 3. The Morgan fingerprint density at radius 2 is 2.37 bits per heavy atom. The molecule has 0 bridgehead atoms. The lowest BCUT2D eigenvalue weighted by atomic mass is 10.1. The van der Waals surface area contributed by atoms with Crippen LogP contribution in [0.2, 0.25) is 0 Å². The van der Waals surface area contributed by atoms with Crippen LogP contribution in [0.5, 0.6) is 5.75 Å². The van der Waals surface area contributed by atoms with Gasteiger partial charge in [-0.05, 0) is 44.5 Å². The Labute approximate surface area is 114 Å². The number of halogens is 1. The average Bonchev–Trinajstić information content (AvgIpc) is 2.90. The van der Waals surface area contributed by atoms with Crippen LogP contribution in [0.25, 0.3) is 0 Å². The van der Waals surface area contributed by atoms with Crippen LogP contribution < -0.4 is 10.1 Å². The van der Waals surface area contributed by atoms with E-state index in [1.165, 1.54) is 12.1 Å². The topological polar surface area (TPSA) is 30.5 Å². The highest BCUT2D eigenvalue weighted by Crippen LogP contribution is 2.27. The molecule has 0 aromatic heterocycles. The van der Waals surface area contributed by atoms with Crippen LogP contribution in [-0.4, -0.2) is 25.9 Å². The van der Waals surface area contributed by atoms with E-state index < -0.39 is 0 Å². The van der Waals surface area contributed by atoms with E-state index in [0.717, 1.165) is 37.3 Å². The Balaban J connectivity index is 2.04. The van der Waals surface area contributed by atoms with Crippen LogP contribution >= 0.6 is 0 Å². The summed E-state index contributed by atoms with van der Waals surface area (Å²) >= 11 is 0. The summed E-state index contributed by atoms with van der Waals surface area (Å²) < 4.78 is 24.7. The van der Waals surface area contributed by atoms with Crippen molar-refractivity contribution in [1.82, 2.24) is 5.32 Å². The summed E-state index contributed by atoms with van der Waals surface area (Å²) in [4.78, 5) is 0. The maximum atomic E-state index is 13.4. The molecule has 2 unspecified atom stereocenters. The Bertz CT molecular complexity index is 405. The van der Waals surface area contributed by atoms with Crippen molar-refractivity contribution in [2.75, 3.05) is 19.8 Å². The smallest absolute Gasteiger partial charge is 0.124 e. The molecule has 4 heteroatoms. The summed E-state index contributed by atoms with van der Waals surface area (Å²) in [6.45, 7) is 6.23. The molecular formula is C15H22FNO2. The quantitative estimate of drug-likeness (QED) is 0.859. The van der Waals surface area contributed by atoms with Crippen molar-refractivity contribution in [2.45, 2.75) is 38.8 Å². The van der Waals surface area contributed by atoms with E-state index in [2.05, 4.69) is 5.32 Å². The molecule has 19 heavy (non-hydrogen) atoms. The van der Waals surface area contributed by atoms with Gasteiger partial charge in [0.1, 0.15) is 18.2 Å². The molecule has 0 amide bonds. The first-order valence-corrected chi connectivity index (χ1v) is 6.98. The number of hydrogen-bond donors (Lipinski definition) is 1. The van der Waals surface area contributed by atoms with Crippen LogP contribution in [0.15, 0.2) is 18.2 Å². The van der Waals surface area contributed by atoms with Gasteiger partial charge < -0.3 is 14.8 Å². The van der Waals surface area contributed by atoms with E-state index in [0.29, 0.717) is 6.61 Å². The molecule has 2 atom stereocenters. The highest BCUT2D eigenvalue weighted by molar-refractivity contribution is 5.36. The van der Waals surface area contributed by atoms with E-state index >= 15 is 0 Å². The van der Waals surface area contributed by atoms with Gasteiger partial charge in [0.25, 0.3) is 0 Å². The molecule has 1 aromatic carbocycles. The first-order valence-electron chi connectivity index (χ1n) is 6.98. The van der Waals surface area contributed by atoms with Gasteiger partial charge in [0, 0.05) is 18.2 Å². The normalized spacial score (nSPS) is 20.5. The number of benzene rings is 1. The predicted molar refractivity (Wildman–Crippen MR) is 73.0 cm³/mol. The minimum absolute atomic E-state index is 0.0696. The number of rotatable bonds is 6. The summed E-state index contributed by atoms with van der Waals surface area (Å²) in [5, 5.41) is 3.28. The van der Waals surface area contributed by atoms with Gasteiger partial charge in [-0.15, -0.1) is 0 Å². The van der Waals surface area contributed by atoms with Crippen LogP contribution in [-0.2, 0) is 4.74 Å². The van der Waals surface area contributed by atoms with Crippen LogP contribution in [0.3, 0.4) is 0 Å². The van der Waals surface area contributed by atoms with Crippen molar-refractivity contribution >= 4 is 0 Å². The lowest BCUT2D eigenvalue weighted by Crippen LogP contribution is -2.21. The van der Waals surface area contributed by atoms with E-state index in [-0.39, 0.29) is 18.0 Å². The predicted octanol–water partition coefficient (Wildman–Crippen LogP) is 3.05. The Morgan fingerprint density at radius 3 is 3.05 bits per heavy atom. The molecule has 1 aliphatic heterocycles. The number of nitrogens with one attached hydrogen (secondary N) is 1. The van der Waals surface area contributed by atoms with Gasteiger partial charge in [-0.1, -0.05) is 6.92 Å². The second-order valence-electron chi connectivity index (χ2n) is 4.91. The fraction of sp³-hybridized carbons (Fsp3) is 0.600. The summed E-state index contributed by atoms with van der Waals surface area (Å²) in [7, 11) is 0. The lowest BCUT2D eigenvalue weighted by Gasteiger charge is -2.19. The first kappa shape index (κ1) is 14.3. The molecule has 0 radical (unpaired) electrons. The minimum atomic E-state index is -0.232. The third kappa shape index (κ3) is 3.91. The molecule has 1 saturated heterocycles. The van der Waals surface area contributed by atoms with Crippen molar-refractivity contribution in [3.8, 4) is 5.75 Å². The SMILES string of the molecule is CCNC(C)c1cc(F)ccc1OCC1CCCO1. The minimum Gasteiger partial charge on any atom is -0.491 e. The van der Waals surface area contributed by atoms with E-state index in [9.17, 15) is 4.39 Å². The van der Waals surface area contributed by atoms with Crippen molar-refractivity contribution < 1.29 is 13.9 Å². The molecule has 106 valence electrons. The molecule has 0 saturated carbocycles. The second-order valence-corrected chi connectivity index (χ2v) is 4.91. The highest BCUT2D eigenvalue weighted by atomic mass is 19.1. The van der Waals surface area contributed by atoms with Gasteiger partial charge in [0.05, 0.1) is 6.10 Å². The zero-order chi connectivity index (χ0) is 13.7. The van der Waals surface area contributed by atoms with E-state index in [1.807, 2.05) is 13.8 Å². The largest absolute Gasteiger partial charge is 0.491 e. The Morgan fingerprint density at radius 1 is 1.53 bits per heavy atom. The fourth-order valence-electron chi connectivity index (χ4n) is 2.36. The maximum Gasteiger partial charge on any atom is 0.124 e. The molecule has 1 heterocycles. The molecule has 0 spiro atoms. The standard InChI is InChI=1S/C15H22FNO2/c1-3-17-11(2)14-9-12(16)6-7-15(14)19-10-13-5-4-8-18-13/h6-7,9,11,13,17H,3-5,8,10H2,1-2H3. The average molecular weight is 267 g/mol. The molecule has 1 N–H and O–H groups in total. The van der Waals surface area contributed by atoms with Crippen LogP contribution in [0.1, 0.15) is 38.3 Å². The van der Waals surface area contributed by atoms with E-state index in [4.69, 9.17) is 9.47 Å². The molecule has 1 aromatic rings. The van der Waals surface area contributed by atoms with Gasteiger partial charge >= 0.3 is 0 Å². The summed E-state index contributed by atoms with van der Waals surface area (Å²) in [5.41, 5.74) is 0.861. The Kier molecular flexibility index (Phi) is 5.16. The highest BCUT2D eigenvalue weighted by Gasteiger charge is 2.18. The van der Waals surface area contributed by atoms with Gasteiger partial charge in [0.15, 0.2) is 0 Å². The molecule has 1 aliphatic rings. The summed E-state index contributed by atoms with van der Waals surface area (Å²) in [6.07, 6.45) is 2.31. The second kappa shape index (κ2) is 6.87. The Hall–Kier alpha value is -1.13. The fourth-order valence-corrected chi connectivity index (χ4v) is 2.36. The van der Waals surface area contributed by atoms with Crippen molar-refractivity contribution in [3.05, 3.63) is 29.6 Å². The van der Waals surface area contributed by atoms with Crippen molar-refractivity contribution in [2.24, 2.45) is 0 Å². The molecule has 0 aliphatic carbocycles. The van der Waals surface area contributed by atoms with E-state index in [1.54, 1.807) is 6.07 Å². The van der Waals surface area contributed by atoms with Gasteiger partial charge in [-0.25, -0.2) is 4.39 Å². The van der Waals surface area contributed by atoms with Gasteiger partial charge in [0.2, 0.25) is 0 Å². The molecule has 2 rings (SSSR count). The maximum absolute atomic E-state index is 13.4. The number of ether oxygens (including phenoxy) is 2. The van der Waals surface area contributed by atoms with Crippen molar-refractivity contribution in [3.63, 3.8) is 0 Å². The molecular weight excluding hydrogens is 245 g/mol. The molecule has 3 nitrogen and oxygen atoms in total. The zero-order valence-electron chi connectivity index (χ0n) is 11.6. The van der Waals surface area contributed by atoms with Gasteiger partial charge in [-0.2, -0.15) is 0 Å². The third-order valence-electron chi connectivity index (χ3n) is 3.40. The summed E-state index contributed by atoms with van der Waals surface area (Å²) in [5.74, 6) is 0.509. The van der Waals surface area contributed by atoms with Gasteiger partial charge in [-0.3, -0.25) is 0 Å². The zero-order valence-corrected chi connectivity index (χ0v) is 11.6. The monoisotopic (exact) mass is 267 g/mol. The molecule has 1 fully saturated rings. The third-order valence-corrected chi connectivity index (χ3v) is 3.40. The van der Waals surface area contributed by atoms with Crippen LogP contribution in [0.4, 0.5) is 4.39 Å². The van der Waals surface area contributed by atoms with Crippen LogP contribution in [0, 0.1) is 5.82 Å². The first-order chi connectivity index (χ1) is 9.20. The summed E-state index contributed by atoms with van der Waals surface area (Å²) in [6, 6.07) is 4.75. The lowest BCUT2D eigenvalue weighted by molar-refractivity contribution is 0.0674.